The number of anilines is 3. The Hall–Kier alpha value is -4.21. The lowest BCUT2D eigenvalue weighted by atomic mass is 9.93. The van der Waals surface area contributed by atoms with Crippen molar-refractivity contribution in [3.05, 3.63) is 53.2 Å². The zero-order chi connectivity index (χ0) is 24.1. The maximum absolute atomic E-state index is 15.4. The van der Waals surface area contributed by atoms with Crippen molar-refractivity contribution in [3.8, 4) is 17.0 Å². The molecule has 1 amide bonds. The quantitative estimate of drug-likeness (QED) is 0.391. The van der Waals surface area contributed by atoms with E-state index in [1.165, 1.54) is 0 Å². The van der Waals surface area contributed by atoms with Gasteiger partial charge in [0.15, 0.2) is 11.6 Å². The molecule has 2 aliphatic heterocycles. The summed E-state index contributed by atoms with van der Waals surface area (Å²) in [5.41, 5.74) is 10.3. The van der Waals surface area contributed by atoms with Gasteiger partial charge in [-0.2, -0.15) is 5.10 Å². The number of nitrogens with one attached hydrogen (secondary N) is 2. The number of aromatic nitrogens is 4. The van der Waals surface area contributed by atoms with E-state index < -0.39 is 5.82 Å². The van der Waals surface area contributed by atoms with Crippen molar-refractivity contribution < 1.29 is 13.9 Å². The number of benzene rings is 1. The van der Waals surface area contributed by atoms with Crippen LogP contribution >= 0.6 is 0 Å². The summed E-state index contributed by atoms with van der Waals surface area (Å²) in [6.07, 6.45) is 5.66. The van der Waals surface area contributed by atoms with E-state index in [0.717, 1.165) is 35.0 Å². The predicted octanol–water partition coefficient (Wildman–Crippen LogP) is 3.26. The molecule has 4 N–H and O–H groups in total. The molecule has 178 valence electrons. The molecule has 2 aliphatic rings. The number of amides is 1. The average Bonchev–Trinajstić information content (AvgIpc) is 3.13. The SMILES string of the molecule is Cc1c(-c2cc3cc(Nc4cc5n(n4)CC(=O)NCC5)ncc3c(N)c2F)cnc2c1CCCO2. The maximum Gasteiger partial charge on any atom is 0.241 e. The van der Waals surface area contributed by atoms with Crippen molar-refractivity contribution >= 4 is 34.0 Å². The predicted molar refractivity (Wildman–Crippen MR) is 130 cm³/mol. The van der Waals surface area contributed by atoms with E-state index in [0.29, 0.717) is 53.6 Å². The van der Waals surface area contributed by atoms with Crippen molar-refractivity contribution in [2.75, 3.05) is 24.2 Å². The molecular formula is C25H24FN7O2. The summed E-state index contributed by atoms with van der Waals surface area (Å²) in [6, 6.07) is 5.50. The van der Waals surface area contributed by atoms with Crippen LogP contribution in [0.1, 0.15) is 23.2 Å². The first-order valence-corrected chi connectivity index (χ1v) is 11.6. The maximum atomic E-state index is 15.4. The fourth-order valence-corrected chi connectivity index (χ4v) is 4.80. The lowest BCUT2D eigenvalue weighted by molar-refractivity contribution is -0.121. The minimum Gasteiger partial charge on any atom is -0.477 e. The molecule has 4 aromatic rings. The van der Waals surface area contributed by atoms with E-state index >= 15 is 4.39 Å². The van der Waals surface area contributed by atoms with Crippen molar-refractivity contribution in [3.63, 3.8) is 0 Å². The standard InChI is InChI=1S/C25H24FN7O2/c1-13-16-3-2-6-35-25(16)30-10-18(13)17-7-14-8-20(29-11-19(14)24(27)23(17)26)31-21-9-15-4-5-28-22(34)12-33(15)32-21/h7-11H,2-6,12,27H2,1H3,(H,28,34)(H,29,31,32). The van der Waals surface area contributed by atoms with Gasteiger partial charge in [0.05, 0.1) is 12.3 Å². The van der Waals surface area contributed by atoms with Gasteiger partial charge in [-0.05, 0) is 42.8 Å². The second-order valence-corrected chi connectivity index (χ2v) is 8.88. The topological polar surface area (TPSA) is 120 Å². The van der Waals surface area contributed by atoms with Crippen LogP contribution in [-0.2, 0) is 24.2 Å². The third-order valence-corrected chi connectivity index (χ3v) is 6.64. The first kappa shape index (κ1) is 21.3. The molecule has 6 rings (SSSR count). The first-order chi connectivity index (χ1) is 17.0. The average molecular weight is 474 g/mol. The van der Waals surface area contributed by atoms with Crippen molar-refractivity contribution in [2.45, 2.75) is 32.7 Å². The van der Waals surface area contributed by atoms with Crippen LogP contribution in [-0.4, -0.2) is 38.8 Å². The zero-order valence-corrected chi connectivity index (χ0v) is 19.2. The number of hydrogen-bond donors (Lipinski definition) is 3. The van der Waals surface area contributed by atoms with E-state index in [9.17, 15) is 4.79 Å². The number of fused-ring (bicyclic) bond motifs is 3. The van der Waals surface area contributed by atoms with Crippen LogP contribution in [0.25, 0.3) is 21.9 Å². The molecule has 0 radical (unpaired) electrons. The van der Waals surface area contributed by atoms with Crippen LogP contribution in [0.3, 0.4) is 0 Å². The number of halogens is 1. The Labute approximate surface area is 200 Å². The van der Waals surface area contributed by atoms with Crippen molar-refractivity contribution in [1.82, 2.24) is 25.1 Å². The smallest absolute Gasteiger partial charge is 0.241 e. The van der Waals surface area contributed by atoms with Gasteiger partial charge in [0.2, 0.25) is 11.8 Å². The number of carbonyl (C=O) groups is 1. The highest BCUT2D eigenvalue weighted by Crippen LogP contribution is 2.38. The molecule has 35 heavy (non-hydrogen) atoms. The van der Waals surface area contributed by atoms with Gasteiger partial charge < -0.3 is 21.1 Å². The van der Waals surface area contributed by atoms with Crippen LogP contribution < -0.4 is 21.1 Å². The van der Waals surface area contributed by atoms with E-state index in [-0.39, 0.29) is 18.1 Å². The highest BCUT2D eigenvalue weighted by atomic mass is 19.1. The number of nitrogens with two attached hydrogens (primary N) is 1. The highest BCUT2D eigenvalue weighted by Gasteiger charge is 2.21. The van der Waals surface area contributed by atoms with Gasteiger partial charge >= 0.3 is 0 Å². The second kappa shape index (κ2) is 8.23. The Kier molecular flexibility index (Phi) is 5.01. The highest BCUT2D eigenvalue weighted by molar-refractivity contribution is 5.98. The minimum absolute atomic E-state index is 0.0460. The molecule has 1 aromatic carbocycles. The van der Waals surface area contributed by atoms with Crippen LogP contribution in [0.4, 0.5) is 21.7 Å². The number of nitrogen functional groups attached to an aromatic ring is 1. The summed E-state index contributed by atoms with van der Waals surface area (Å²) in [6.45, 7) is 3.37. The Balaban J connectivity index is 1.38. The molecular weight excluding hydrogens is 449 g/mol. The van der Waals surface area contributed by atoms with Gasteiger partial charge in [-0.15, -0.1) is 0 Å². The molecule has 5 heterocycles. The molecule has 0 fully saturated rings. The summed E-state index contributed by atoms with van der Waals surface area (Å²) in [4.78, 5) is 20.7. The summed E-state index contributed by atoms with van der Waals surface area (Å²) in [5.74, 6) is 1.20. The Morgan fingerprint density at radius 1 is 1.14 bits per heavy atom. The van der Waals surface area contributed by atoms with Crippen LogP contribution in [0, 0.1) is 12.7 Å². The Morgan fingerprint density at radius 3 is 2.91 bits per heavy atom. The second-order valence-electron chi connectivity index (χ2n) is 8.88. The molecule has 0 saturated heterocycles. The lowest BCUT2D eigenvalue weighted by Gasteiger charge is -2.20. The number of nitrogens with zero attached hydrogens (tertiary/aromatic N) is 4. The van der Waals surface area contributed by atoms with Gasteiger partial charge in [-0.3, -0.25) is 9.48 Å². The number of hydrogen-bond acceptors (Lipinski definition) is 7. The molecule has 10 heteroatoms. The number of pyridine rings is 2. The van der Waals surface area contributed by atoms with Crippen LogP contribution in [0.5, 0.6) is 5.88 Å². The largest absolute Gasteiger partial charge is 0.477 e. The summed E-state index contributed by atoms with van der Waals surface area (Å²) < 4.78 is 22.7. The fourth-order valence-electron chi connectivity index (χ4n) is 4.80. The molecule has 0 bridgehead atoms. The van der Waals surface area contributed by atoms with E-state index in [2.05, 4.69) is 25.7 Å². The monoisotopic (exact) mass is 473 g/mol. The zero-order valence-electron chi connectivity index (χ0n) is 19.2. The third-order valence-electron chi connectivity index (χ3n) is 6.64. The van der Waals surface area contributed by atoms with Gasteiger partial charge in [-0.1, -0.05) is 0 Å². The number of rotatable bonds is 3. The van der Waals surface area contributed by atoms with Crippen LogP contribution in [0.2, 0.25) is 0 Å². The van der Waals surface area contributed by atoms with E-state index in [1.807, 2.05) is 19.1 Å². The molecule has 0 aliphatic carbocycles. The molecule has 0 unspecified atom stereocenters. The lowest BCUT2D eigenvalue weighted by Crippen LogP contribution is -2.25. The van der Waals surface area contributed by atoms with Crippen molar-refractivity contribution in [1.29, 1.82) is 0 Å². The van der Waals surface area contributed by atoms with E-state index in [1.54, 1.807) is 23.1 Å². The van der Waals surface area contributed by atoms with Gasteiger partial charge in [0.1, 0.15) is 12.4 Å². The minimum atomic E-state index is -0.488. The molecule has 9 nitrogen and oxygen atoms in total. The van der Waals surface area contributed by atoms with Gasteiger partial charge in [0.25, 0.3) is 0 Å². The summed E-state index contributed by atoms with van der Waals surface area (Å²) >= 11 is 0. The normalized spacial score (nSPS) is 15.1. The molecule has 0 atom stereocenters. The Bertz CT molecular complexity index is 1500. The summed E-state index contributed by atoms with van der Waals surface area (Å²) in [5, 5.41) is 11.8. The summed E-state index contributed by atoms with van der Waals surface area (Å²) in [7, 11) is 0. The number of ether oxygens (including phenoxy) is 1. The first-order valence-electron chi connectivity index (χ1n) is 11.6. The van der Waals surface area contributed by atoms with Crippen molar-refractivity contribution in [2.24, 2.45) is 0 Å². The number of carbonyl (C=O) groups excluding carboxylic acids is 1. The molecule has 0 saturated carbocycles. The van der Waals surface area contributed by atoms with Gasteiger partial charge in [-0.25, -0.2) is 14.4 Å². The Morgan fingerprint density at radius 2 is 2.03 bits per heavy atom. The van der Waals surface area contributed by atoms with Crippen LogP contribution in [0.15, 0.2) is 30.6 Å². The third kappa shape index (κ3) is 3.71. The molecule has 3 aromatic heterocycles. The fraction of sp³-hybridized carbons (Fsp3) is 0.280. The van der Waals surface area contributed by atoms with Gasteiger partial charge in [0, 0.05) is 59.2 Å². The molecule has 0 spiro atoms. The van der Waals surface area contributed by atoms with E-state index in [4.69, 9.17) is 10.5 Å².